The molecular formula is C11H19N3O2. The van der Waals surface area contributed by atoms with E-state index in [-0.39, 0.29) is 6.09 Å². The smallest absolute Gasteiger partial charge is 0.409 e. The highest BCUT2D eigenvalue weighted by molar-refractivity contribution is 5.67. The maximum absolute atomic E-state index is 11.6. The predicted octanol–water partition coefficient (Wildman–Crippen LogP) is 1.06. The summed E-state index contributed by atoms with van der Waals surface area (Å²) in [5, 5.41) is 8.54. The van der Waals surface area contributed by atoms with E-state index in [0.717, 1.165) is 25.9 Å². The first kappa shape index (κ1) is 12.8. The molecular weight excluding hydrogens is 206 g/mol. The molecule has 1 aliphatic rings. The Labute approximate surface area is 96.6 Å². The van der Waals surface area contributed by atoms with E-state index in [0.29, 0.717) is 26.2 Å². The maximum Gasteiger partial charge on any atom is 0.409 e. The second-order valence-electron chi connectivity index (χ2n) is 3.89. The molecule has 5 heteroatoms. The van der Waals surface area contributed by atoms with Crippen molar-refractivity contribution in [2.45, 2.75) is 19.8 Å². The molecule has 0 unspecified atom stereocenters. The van der Waals surface area contributed by atoms with E-state index in [9.17, 15) is 4.79 Å². The van der Waals surface area contributed by atoms with Crippen LogP contribution in [0.5, 0.6) is 0 Å². The minimum Gasteiger partial charge on any atom is -0.449 e. The molecule has 5 nitrogen and oxygen atoms in total. The number of amides is 1. The van der Waals surface area contributed by atoms with E-state index in [1.165, 1.54) is 0 Å². The van der Waals surface area contributed by atoms with Crippen LogP contribution in [0, 0.1) is 11.3 Å². The van der Waals surface area contributed by atoms with Crippen molar-refractivity contribution in [2.75, 3.05) is 39.3 Å². The second kappa shape index (κ2) is 7.07. The highest BCUT2D eigenvalue weighted by Gasteiger charge is 2.21. The van der Waals surface area contributed by atoms with Crippen molar-refractivity contribution in [3.8, 4) is 6.07 Å². The van der Waals surface area contributed by atoms with Crippen molar-refractivity contribution in [2.24, 2.45) is 0 Å². The van der Waals surface area contributed by atoms with Crippen LogP contribution in [0.15, 0.2) is 0 Å². The van der Waals surface area contributed by atoms with Crippen LogP contribution in [0.3, 0.4) is 0 Å². The molecule has 0 aliphatic carbocycles. The average molecular weight is 225 g/mol. The molecule has 0 N–H and O–H groups in total. The molecule has 16 heavy (non-hydrogen) atoms. The van der Waals surface area contributed by atoms with Crippen molar-refractivity contribution in [1.29, 1.82) is 5.26 Å². The quantitative estimate of drug-likeness (QED) is 0.530. The van der Waals surface area contributed by atoms with Crippen molar-refractivity contribution in [3.05, 3.63) is 0 Å². The summed E-state index contributed by atoms with van der Waals surface area (Å²) >= 11 is 0. The minimum absolute atomic E-state index is 0.218. The van der Waals surface area contributed by atoms with Crippen LogP contribution >= 0.6 is 0 Å². The van der Waals surface area contributed by atoms with Gasteiger partial charge in [-0.2, -0.15) is 5.26 Å². The number of unbranched alkanes of at least 4 members (excludes halogenated alkanes) is 1. The van der Waals surface area contributed by atoms with E-state index < -0.39 is 0 Å². The third kappa shape index (κ3) is 4.07. The zero-order valence-electron chi connectivity index (χ0n) is 9.81. The Bertz CT molecular complexity index is 254. The van der Waals surface area contributed by atoms with Crippen molar-refractivity contribution >= 4 is 6.09 Å². The molecule has 0 atom stereocenters. The number of nitrogens with zero attached hydrogens (tertiary/aromatic N) is 3. The fraction of sp³-hybridized carbons (Fsp3) is 0.818. The Hall–Kier alpha value is -1.28. The summed E-state index contributed by atoms with van der Waals surface area (Å²) in [6.07, 6.45) is 1.73. The second-order valence-corrected chi connectivity index (χ2v) is 3.89. The number of carbonyl (C=O) groups is 1. The Morgan fingerprint density at radius 1 is 1.38 bits per heavy atom. The van der Waals surface area contributed by atoms with Gasteiger partial charge in [0.1, 0.15) is 0 Å². The zero-order chi connectivity index (χ0) is 11.8. The normalized spacial score (nSPS) is 16.9. The van der Waals surface area contributed by atoms with Crippen molar-refractivity contribution in [1.82, 2.24) is 9.80 Å². The lowest BCUT2D eigenvalue weighted by Gasteiger charge is -2.32. The van der Waals surface area contributed by atoms with Gasteiger partial charge in [-0.05, 0) is 6.42 Å². The van der Waals surface area contributed by atoms with Gasteiger partial charge in [-0.1, -0.05) is 13.3 Å². The Morgan fingerprint density at radius 3 is 2.62 bits per heavy atom. The molecule has 0 aromatic carbocycles. The van der Waals surface area contributed by atoms with Gasteiger partial charge in [0.2, 0.25) is 0 Å². The Morgan fingerprint density at radius 2 is 2.06 bits per heavy atom. The third-order valence-corrected chi connectivity index (χ3v) is 2.65. The molecule has 0 radical (unpaired) electrons. The minimum atomic E-state index is -0.218. The van der Waals surface area contributed by atoms with E-state index in [2.05, 4.69) is 13.0 Å². The highest BCUT2D eigenvalue weighted by atomic mass is 16.6. The lowest BCUT2D eigenvalue weighted by atomic mass is 10.3. The number of nitriles is 1. The summed E-state index contributed by atoms with van der Waals surface area (Å²) in [6, 6.07) is 2.11. The molecule has 0 aromatic rings. The lowest BCUT2D eigenvalue weighted by molar-refractivity contribution is 0.0784. The lowest BCUT2D eigenvalue weighted by Crippen LogP contribution is -2.48. The van der Waals surface area contributed by atoms with E-state index >= 15 is 0 Å². The van der Waals surface area contributed by atoms with E-state index in [1.54, 1.807) is 4.90 Å². The first-order valence-corrected chi connectivity index (χ1v) is 5.79. The predicted molar refractivity (Wildman–Crippen MR) is 59.9 cm³/mol. The van der Waals surface area contributed by atoms with Gasteiger partial charge in [0.15, 0.2) is 0 Å². The first-order chi connectivity index (χ1) is 7.77. The molecule has 1 fully saturated rings. The van der Waals surface area contributed by atoms with Crippen LogP contribution in [-0.4, -0.2) is 55.2 Å². The third-order valence-electron chi connectivity index (χ3n) is 2.65. The molecule has 1 rings (SSSR count). The van der Waals surface area contributed by atoms with Crippen LogP contribution < -0.4 is 0 Å². The zero-order valence-corrected chi connectivity index (χ0v) is 9.81. The van der Waals surface area contributed by atoms with Crippen molar-refractivity contribution < 1.29 is 9.53 Å². The number of ether oxygens (including phenoxy) is 1. The fourth-order valence-electron chi connectivity index (χ4n) is 1.58. The SMILES string of the molecule is CCCCOC(=O)N1CCN(CC#N)CC1. The summed E-state index contributed by atoms with van der Waals surface area (Å²) in [7, 11) is 0. The standard InChI is InChI=1S/C11H19N3O2/c1-2-3-10-16-11(15)14-8-6-13(5-4-12)7-9-14/h2-3,5-10H2,1H3. The number of rotatable bonds is 4. The van der Waals surface area contributed by atoms with Gasteiger partial charge in [-0.25, -0.2) is 4.79 Å². The summed E-state index contributed by atoms with van der Waals surface area (Å²) in [4.78, 5) is 15.3. The van der Waals surface area contributed by atoms with Gasteiger partial charge < -0.3 is 9.64 Å². The van der Waals surface area contributed by atoms with Gasteiger partial charge in [0, 0.05) is 26.2 Å². The summed E-state index contributed by atoms with van der Waals surface area (Å²) in [5.74, 6) is 0. The molecule has 0 aromatic heterocycles. The van der Waals surface area contributed by atoms with Crippen LogP contribution in [0.25, 0.3) is 0 Å². The summed E-state index contributed by atoms with van der Waals surface area (Å²) in [5.41, 5.74) is 0. The number of hydrogen-bond acceptors (Lipinski definition) is 4. The highest BCUT2D eigenvalue weighted by Crippen LogP contribution is 2.03. The van der Waals surface area contributed by atoms with Gasteiger partial charge in [-0.15, -0.1) is 0 Å². The first-order valence-electron chi connectivity index (χ1n) is 5.79. The molecule has 1 aliphatic heterocycles. The Kier molecular flexibility index (Phi) is 5.65. The van der Waals surface area contributed by atoms with Crippen molar-refractivity contribution in [3.63, 3.8) is 0 Å². The van der Waals surface area contributed by atoms with E-state index in [1.807, 2.05) is 4.90 Å². The largest absolute Gasteiger partial charge is 0.449 e. The van der Waals surface area contributed by atoms with Gasteiger partial charge in [0.05, 0.1) is 19.2 Å². The molecule has 0 spiro atoms. The van der Waals surface area contributed by atoms with Crippen LogP contribution in [0.2, 0.25) is 0 Å². The molecule has 1 amide bonds. The molecule has 1 saturated heterocycles. The molecule has 0 saturated carbocycles. The van der Waals surface area contributed by atoms with Crippen LogP contribution in [0.1, 0.15) is 19.8 Å². The molecule has 90 valence electrons. The Balaban J connectivity index is 2.20. The monoisotopic (exact) mass is 225 g/mol. The number of piperazine rings is 1. The van der Waals surface area contributed by atoms with Gasteiger partial charge >= 0.3 is 6.09 Å². The average Bonchev–Trinajstić information content (AvgIpc) is 2.30. The van der Waals surface area contributed by atoms with Crippen LogP contribution in [-0.2, 0) is 4.74 Å². The fourth-order valence-corrected chi connectivity index (χ4v) is 1.58. The summed E-state index contributed by atoms with van der Waals surface area (Å²) in [6.45, 7) is 5.85. The number of carbonyl (C=O) groups excluding carboxylic acids is 1. The van der Waals surface area contributed by atoms with E-state index in [4.69, 9.17) is 10.00 Å². The van der Waals surface area contributed by atoms with Crippen LogP contribution in [0.4, 0.5) is 4.79 Å². The topological polar surface area (TPSA) is 56.6 Å². The summed E-state index contributed by atoms with van der Waals surface area (Å²) < 4.78 is 5.12. The van der Waals surface area contributed by atoms with Gasteiger partial charge in [0.25, 0.3) is 0 Å². The maximum atomic E-state index is 11.6. The van der Waals surface area contributed by atoms with Gasteiger partial charge in [-0.3, -0.25) is 4.90 Å². The molecule has 1 heterocycles. The number of hydrogen-bond donors (Lipinski definition) is 0. The molecule has 0 bridgehead atoms.